The summed E-state index contributed by atoms with van der Waals surface area (Å²) >= 11 is 0. The summed E-state index contributed by atoms with van der Waals surface area (Å²) < 4.78 is 18.5. The normalized spacial score (nSPS) is 11.7. The molecular weight excluding hydrogens is 345 g/mol. The van der Waals surface area contributed by atoms with Crippen LogP contribution in [0.2, 0.25) is 0 Å². The molecule has 0 atom stereocenters. The number of fused-ring (bicyclic) bond motifs is 2. The smallest absolute Gasteiger partial charge is 0.205 e. The minimum Gasteiger partial charge on any atom is -0.497 e. The SMILES string of the molecule is COc1ccc2c(/C=C(\C#N)C(=O)c3c[nH]c4cc(F)ccc34)c[nH]c2c1. The minimum atomic E-state index is -0.418. The predicted molar refractivity (Wildman–Crippen MR) is 101 cm³/mol. The van der Waals surface area contributed by atoms with Gasteiger partial charge in [0.2, 0.25) is 5.78 Å². The van der Waals surface area contributed by atoms with Crippen LogP contribution in [0.3, 0.4) is 0 Å². The molecule has 0 aliphatic rings. The Hall–Kier alpha value is -3.85. The number of halogens is 1. The van der Waals surface area contributed by atoms with E-state index in [4.69, 9.17) is 4.74 Å². The van der Waals surface area contributed by atoms with Gasteiger partial charge in [-0.25, -0.2) is 4.39 Å². The van der Waals surface area contributed by atoms with Crippen molar-refractivity contribution in [2.24, 2.45) is 0 Å². The van der Waals surface area contributed by atoms with Crippen molar-refractivity contribution in [3.63, 3.8) is 0 Å². The number of ketones is 1. The van der Waals surface area contributed by atoms with Crippen molar-refractivity contribution in [2.75, 3.05) is 7.11 Å². The number of Topliss-reactive ketones (excluding diaryl/α,β-unsaturated/α-hetero) is 1. The number of benzene rings is 2. The Labute approximate surface area is 153 Å². The fourth-order valence-electron chi connectivity index (χ4n) is 3.11. The lowest BCUT2D eigenvalue weighted by molar-refractivity contribution is 0.104. The van der Waals surface area contributed by atoms with Crippen LogP contribution in [0.5, 0.6) is 5.75 Å². The van der Waals surface area contributed by atoms with Gasteiger partial charge in [0.15, 0.2) is 0 Å². The van der Waals surface area contributed by atoms with E-state index in [0.717, 1.165) is 16.5 Å². The third-order valence-corrected chi connectivity index (χ3v) is 4.47. The van der Waals surface area contributed by atoms with Crippen LogP contribution < -0.4 is 4.74 Å². The van der Waals surface area contributed by atoms with Gasteiger partial charge in [0.25, 0.3) is 0 Å². The first-order valence-corrected chi connectivity index (χ1v) is 8.19. The van der Waals surface area contributed by atoms with Gasteiger partial charge in [-0.05, 0) is 36.4 Å². The number of ether oxygens (including phenoxy) is 1. The number of hydrogen-bond acceptors (Lipinski definition) is 3. The zero-order chi connectivity index (χ0) is 19.0. The van der Waals surface area contributed by atoms with Crippen molar-refractivity contribution in [1.29, 1.82) is 5.26 Å². The standard InChI is InChI=1S/C21H14FN3O2/c1-27-15-3-5-16-13(10-24-20(16)8-15)6-12(9-23)21(26)18-11-25-19-7-14(22)2-4-17(18)19/h2-8,10-11,24-25H,1H3/b12-6+. The van der Waals surface area contributed by atoms with Crippen LogP contribution in [-0.2, 0) is 0 Å². The van der Waals surface area contributed by atoms with Crippen molar-refractivity contribution >= 4 is 33.7 Å². The average molecular weight is 359 g/mol. The Morgan fingerprint density at radius 3 is 2.63 bits per heavy atom. The molecule has 2 N–H and O–H groups in total. The van der Waals surface area contributed by atoms with Gasteiger partial charge in [0, 0.05) is 51.4 Å². The summed E-state index contributed by atoms with van der Waals surface area (Å²) in [6.07, 6.45) is 4.78. The molecule has 0 saturated heterocycles. The van der Waals surface area contributed by atoms with Gasteiger partial charge in [-0.1, -0.05) is 0 Å². The van der Waals surface area contributed by atoms with E-state index in [1.54, 1.807) is 19.4 Å². The second-order valence-corrected chi connectivity index (χ2v) is 6.05. The molecule has 0 bridgehead atoms. The zero-order valence-electron chi connectivity index (χ0n) is 14.3. The highest BCUT2D eigenvalue weighted by molar-refractivity contribution is 6.20. The van der Waals surface area contributed by atoms with Gasteiger partial charge >= 0.3 is 0 Å². The van der Waals surface area contributed by atoms with Crippen molar-refractivity contribution < 1.29 is 13.9 Å². The van der Waals surface area contributed by atoms with Gasteiger partial charge in [-0.15, -0.1) is 0 Å². The number of rotatable bonds is 4. The number of nitrogens with one attached hydrogen (secondary N) is 2. The maximum atomic E-state index is 13.3. The number of H-pyrrole nitrogens is 2. The Balaban J connectivity index is 1.77. The maximum Gasteiger partial charge on any atom is 0.205 e. The monoisotopic (exact) mass is 359 g/mol. The summed E-state index contributed by atoms with van der Waals surface area (Å²) in [6.45, 7) is 0. The van der Waals surface area contributed by atoms with Gasteiger partial charge in [-0.3, -0.25) is 4.79 Å². The number of allylic oxidation sites excluding steroid dienone is 1. The van der Waals surface area contributed by atoms with E-state index in [2.05, 4.69) is 9.97 Å². The number of aromatic nitrogens is 2. The van der Waals surface area contributed by atoms with E-state index in [1.165, 1.54) is 24.4 Å². The lowest BCUT2D eigenvalue weighted by Crippen LogP contribution is -2.01. The molecule has 0 unspecified atom stereocenters. The highest BCUT2D eigenvalue weighted by Gasteiger charge is 2.17. The Morgan fingerprint density at radius 1 is 1.11 bits per heavy atom. The van der Waals surface area contributed by atoms with Crippen LogP contribution in [0.1, 0.15) is 15.9 Å². The lowest BCUT2D eigenvalue weighted by atomic mass is 10.0. The molecule has 0 aliphatic carbocycles. The molecule has 4 rings (SSSR count). The second kappa shape index (κ2) is 6.46. The first-order chi connectivity index (χ1) is 13.1. The van der Waals surface area contributed by atoms with Crippen LogP contribution in [0.4, 0.5) is 4.39 Å². The van der Waals surface area contributed by atoms with Gasteiger partial charge in [0.1, 0.15) is 23.2 Å². The summed E-state index contributed by atoms with van der Waals surface area (Å²) in [5.41, 5.74) is 2.41. The predicted octanol–water partition coefficient (Wildman–Crippen LogP) is 4.59. The van der Waals surface area contributed by atoms with E-state index >= 15 is 0 Å². The van der Waals surface area contributed by atoms with E-state index in [1.807, 2.05) is 24.3 Å². The van der Waals surface area contributed by atoms with Crippen LogP contribution >= 0.6 is 0 Å². The molecule has 0 spiro atoms. The Morgan fingerprint density at radius 2 is 1.85 bits per heavy atom. The summed E-state index contributed by atoms with van der Waals surface area (Å²) in [6, 6.07) is 11.6. The van der Waals surface area contributed by atoms with E-state index in [9.17, 15) is 14.4 Å². The molecule has 5 nitrogen and oxygen atoms in total. The van der Waals surface area contributed by atoms with Gasteiger partial charge in [-0.2, -0.15) is 5.26 Å². The number of methoxy groups -OCH3 is 1. The molecule has 2 heterocycles. The molecule has 6 heteroatoms. The first-order valence-electron chi connectivity index (χ1n) is 8.19. The first kappa shape index (κ1) is 16.6. The lowest BCUT2D eigenvalue weighted by Gasteiger charge is -2.00. The number of hydrogen-bond donors (Lipinski definition) is 2. The molecule has 132 valence electrons. The minimum absolute atomic E-state index is 0.00283. The third-order valence-electron chi connectivity index (χ3n) is 4.47. The molecule has 2 aromatic heterocycles. The summed E-state index contributed by atoms with van der Waals surface area (Å²) in [5.74, 6) is -0.102. The molecule has 2 aromatic carbocycles. The van der Waals surface area contributed by atoms with Crippen LogP contribution in [0.15, 0.2) is 54.4 Å². The quantitative estimate of drug-likeness (QED) is 0.318. The molecule has 0 saturated carbocycles. The van der Waals surface area contributed by atoms with E-state index < -0.39 is 11.6 Å². The Kier molecular flexibility index (Phi) is 3.98. The van der Waals surface area contributed by atoms with Gasteiger partial charge in [0.05, 0.1) is 7.11 Å². The largest absolute Gasteiger partial charge is 0.497 e. The summed E-state index contributed by atoms with van der Waals surface area (Å²) in [7, 11) is 1.59. The van der Waals surface area contributed by atoms with Crippen LogP contribution in [0.25, 0.3) is 27.9 Å². The number of nitriles is 1. The summed E-state index contributed by atoms with van der Waals surface area (Å²) in [4.78, 5) is 18.8. The van der Waals surface area contributed by atoms with Crippen molar-refractivity contribution in [2.45, 2.75) is 0 Å². The average Bonchev–Trinajstić information content (AvgIpc) is 3.28. The zero-order valence-corrected chi connectivity index (χ0v) is 14.3. The molecular formula is C21H14FN3O2. The number of carbonyl (C=O) groups is 1. The topological polar surface area (TPSA) is 81.7 Å². The second-order valence-electron chi connectivity index (χ2n) is 6.05. The number of carbonyl (C=O) groups excluding carboxylic acids is 1. The Bertz CT molecular complexity index is 1260. The molecule has 27 heavy (non-hydrogen) atoms. The molecule has 0 fully saturated rings. The fraction of sp³-hybridized carbons (Fsp3) is 0.0476. The maximum absolute atomic E-state index is 13.3. The molecule has 4 aromatic rings. The van der Waals surface area contributed by atoms with Crippen molar-refractivity contribution in [3.05, 3.63) is 71.3 Å². The number of aromatic amines is 2. The van der Waals surface area contributed by atoms with Crippen molar-refractivity contribution in [3.8, 4) is 11.8 Å². The third kappa shape index (κ3) is 2.85. The van der Waals surface area contributed by atoms with E-state index in [0.29, 0.717) is 22.2 Å². The molecule has 0 amide bonds. The van der Waals surface area contributed by atoms with Crippen LogP contribution in [0, 0.1) is 17.1 Å². The van der Waals surface area contributed by atoms with Gasteiger partial charge < -0.3 is 14.7 Å². The van der Waals surface area contributed by atoms with E-state index in [-0.39, 0.29) is 5.57 Å². The number of nitrogens with zero attached hydrogens (tertiary/aromatic N) is 1. The molecule has 0 radical (unpaired) electrons. The molecule has 0 aliphatic heterocycles. The van der Waals surface area contributed by atoms with Crippen molar-refractivity contribution in [1.82, 2.24) is 9.97 Å². The summed E-state index contributed by atoms with van der Waals surface area (Å²) in [5, 5.41) is 11.0. The highest BCUT2D eigenvalue weighted by Crippen LogP contribution is 2.27. The van der Waals surface area contributed by atoms with Crippen LogP contribution in [-0.4, -0.2) is 22.9 Å². The highest BCUT2D eigenvalue weighted by atomic mass is 19.1. The fourth-order valence-corrected chi connectivity index (χ4v) is 3.11.